The van der Waals surface area contributed by atoms with E-state index in [0.717, 1.165) is 12.8 Å². The molecule has 0 heterocycles. The minimum Gasteiger partial charge on any atom is -0.398 e. The lowest BCUT2D eigenvalue weighted by molar-refractivity contribution is 0.0937. The summed E-state index contributed by atoms with van der Waals surface area (Å²) in [4.78, 5) is 11.8. The van der Waals surface area contributed by atoms with Crippen LogP contribution in [-0.4, -0.2) is 5.78 Å². The molecule has 1 aromatic rings. The Kier molecular flexibility index (Phi) is 2.71. The Hall–Kier alpha value is -1.38. The monoisotopic (exact) mass is 207 g/mol. The molecule has 1 saturated carbocycles. The first-order chi connectivity index (χ1) is 7.16. The highest BCUT2D eigenvalue weighted by Gasteiger charge is 2.22. The summed E-state index contributed by atoms with van der Waals surface area (Å²) < 4.78 is 12.9. The number of hydrogen-bond donors (Lipinski definition) is 1. The van der Waals surface area contributed by atoms with Crippen molar-refractivity contribution >= 4 is 11.5 Å². The van der Waals surface area contributed by atoms with Gasteiger partial charge in [-0.2, -0.15) is 0 Å². The molecule has 0 amide bonds. The second-order valence-corrected chi connectivity index (χ2v) is 4.16. The highest BCUT2D eigenvalue weighted by molar-refractivity contribution is 6.00. The Bertz CT molecular complexity index is 385. The van der Waals surface area contributed by atoms with Gasteiger partial charge in [-0.3, -0.25) is 4.79 Å². The number of halogens is 1. The zero-order chi connectivity index (χ0) is 10.8. The van der Waals surface area contributed by atoms with Crippen molar-refractivity contribution in [2.24, 2.45) is 5.92 Å². The normalized spacial score (nSPS) is 16.1. The lowest BCUT2D eigenvalue weighted by atomic mass is 9.81. The maximum Gasteiger partial charge on any atom is 0.165 e. The van der Waals surface area contributed by atoms with Crippen LogP contribution in [-0.2, 0) is 0 Å². The first-order valence-electron chi connectivity index (χ1n) is 5.25. The molecule has 0 aliphatic heterocycles. The van der Waals surface area contributed by atoms with Crippen molar-refractivity contribution in [3.8, 4) is 0 Å². The molecule has 1 aliphatic rings. The summed E-state index contributed by atoms with van der Waals surface area (Å²) in [6.45, 7) is 0. The molecule has 1 aliphatic carbocycles. The van der Waals surface area contributed by atoms with Crippen molar-refractivity contribution in [1.29, 1.82) is 0 Å². The summed E-state index contributed by atoms with van der Waals surface area (Å²) in [5, 5.41) is 0. The topological polar surface area (TPSA) is 43.1 Å². The maximum atomic E-state index is 12.9. The van der Waals surface area contributed by atoms with E-state index in [9.17, 15) is 9.18 Å². The average molecular weight is 207 g/mol. The number of hydrogen-bond acceptors (Lipinski definition) is 2. The van der Waals surface area contributed by atoms with E-state index in [2.05, 4.69) is 0 Å². The fourth-order valence-electron chi connectivity index (χ4n) is 1.84. The van der Waals surface area contributed by atoms with Crippen LogP contribution in [0.5, 0.6) is 0 Å². The zero-order valence-electron chi connectivity index (χ0n) is 8.50. The molecular weight excluding hydrogens is 193 g/mol. The quantitative estimate of drug-likeness (QED) is 0.611. The van der Waals surface area contributed by atoms with Gasteiger partial charge in [-0.25, -0.2) is 4.39 Å². The third kappa shape index (κ3) is 2.17. The van der Waals surface area contributed by atoms with Gasteiger partial charge in [0.1, 0.15) is 5.82 Å². The molecule has 0 atom stereocenters. The fourth-order valence-corrected chi connectivity index (χ4v) is 1.84. The molecule has 1 fully saturated rings. The molecular formula is C12H14FNO. The van der Waals surface area contributed by atoms with E-state index in [-0.39, 0.29) is 5.78 Å². The van der Waals surface area contributed by atoms with Crippen molar-refractivity contribution in [2.45, 2.75) is 25.7 Å². The Morgan fingerprint density at radius 3 is 2.80 bits per heavy atom. The predicted molar refractivity (Wildman–Crippen MR) is 57.1 cm³/mol. The zero-order valence-corrected chi connectivity index (χ0v) is 8.50. The first kappa shape index (κ1) is 10.1. The molecule has 0 saturated heterocycles. The van der Waals surface area contributed by atoms with Crippen LogP contribution in [0.2, 0.25) is 0 Å². The molecule has 15 heavy (non-hydrogen) atoms. The van der Waals surface area contributed by atoms with Crippen molar-refractivity contribution in [2.75, 3.05) is 5.73 Å². The van der Waals surface area contributed by atoms with E-state index >= 15 is 0 Å². The smallest absolute Gasteiger partial charge is 0.165 e. The Morgan fingerprint density at radius 1 is 1.47 bits per heavy atom. The summed E-state index contributed by atoms with van der Waals surface area (Å²) in [5.41, 5.74) is 6.35. The predicted octanol–water partition coefficient (Wildman–Crippen LogP) is 2.78. The van der Waals surface area contributed by atoms with E-state index in [0.29, 0.717) is 23.6 Å². The second-order valence-electron chi connectivity index (χ2n) is 4.16. The molecule has 2 rings (SSSR count). The van der Waals surface area contributed by atoms with Crippen molar-refractivity contribution < 1.29 is 9.18 Å². The van der Waals surface area contributed by atoms with Gasteiger partial charge in [0.15, 0.2) is 5.78 Å². The first-order valence-corrected chi connectivity index (χ1v) is 5.25. The summed E-state index contributed by atoms with van der Waals surface area (Å²) in [6, 6.07) is 3.95. The number of nitrogen functional groups attached to an aromatic ring is 1. The Morgan fingerprint density at radius 2 is 2.20 bits per heavy atom. The molecule has 0 aromatic heterocycles. The van der Waals surface area contributed by atoms with Crippen molar-refractivity contribution in [3.63, 3.8) is 0 Å². The van der Waals surface area contributed by atoms with Gasteiger partial charge in [-0.1, -0.05) is 19.3 Å². The molecule has 1 aromatic carbocycles. The number of ketones is 1. The lowest BCUT2D eigenvalue weighted by Crippen LogP contribution is -2.16. The van der Waals surface area contributed by atoms with E-state index in [1.165, 1.54) is 24.6 Å². The van der Waals surface area contributed by atoms with E-state index < -0.39 is 5.82 Å². The van der Waals surface area contributed by atoms with Gasteiger partial charge >= 0.3 is 0 Å². The standard InChI is InChI=1S/C12H14FNO/c13-9-4-5-11(14)10(7-9)12(15)6-8-2-1-3-8/h4-5,7-8H,1-3,6,14H2. The van der Waals surface area contributed by atoms with Gasteiger partial charge in [-0.15, -0.1) is 0 Å². The van der Waals surface area contributed by atoms with Crippen LogP contribution in [0.3, 0.4) is 0 Å². The highest BCUT2D eigenvalue weighted by Crippen LogP contribution is 2.31. The Balaban J connectivity index is 2.12. The number of nitrogens with two attached hydrogens (primary N) is 1. The summed E-state index contributed by atoms with van der Waals surface area (Å²) >= 11 is 0. The number of carbonyl (C=O) groups excluding carboxylic acids is 1. The molecule has 0 unspecified atom stereocenters. The highest BCUT2D eigenvalue weighted by atomic mass is 19.1. The number of carbonyl (C=O) groups is 1. The van der Waals surface area contributed by atoms with Crippen LogP contribution in [0.1, 0.15) is 36.0 Å². The molecule has 2 nitrogen and oxygen atoms in total. The van der Waals surface area contributed by atoms with Crippen molar-refractivity contribution in [3.05, 3.63) is 29.6 Å². The fraction of sp³-hybridized carbons (Fsp3) is 0.417. The van der Waals surface area contributed by atoms with Crippen LogP contribution in [0, 0.1) is 11.7 Å². The van der Waals surface area contributed by atoms with Crippen LogP contribution in [0.25, 0.3) is 0 Å². The number of rotatable bonds is 3. The number of Topliss-reactive ketones (excluding diaryl/α,β-unsaturated/α-hetero) is 1. The lowest BCUT2D eigenvalue weighted by Gasteiger charge is -2.24. The summed E-state index contributed by atoms with van der Waals surface area (Å²) in [7, 11) is 0. The average Bonchev–Trinajstić information content (AvgIpc) is 2.15. The van der Waals surface area contributed by atoms with Crippen molar-refractivity contribution in [1.82, 2.24) is 0 Å². The Labute approximate surface area is 88.3 Å². The van der Waals surface area contributed by atoms with Gasteiger partial charge in [-0.05, 0) is 24.1 Å². The third-order valence-corrected chi connectivity index (χ3v) is 3.01. The van der Waals surface area contributed by atoms with Gasteiger partial charge in [0, 0.05) is 17.7 Å². The molecule has 3 heteroatoms. The minimum absolute atomic E-state index is 0.0308. The minimum atomic E-state index is -0.402. The van der Waals surface area contributed by atoms with Crippen LogP contribution < -0.4 is 5.73 Å². The molecule has 0 radical (unpaired) electrons. The van der Waals surface area contributed by atoms with Gasteiger partial charge < -0.3 is 5.73 Å². The molecule has 0 spiro atoms. The van der Waals surface area contributed by atoms with Crippen LogP contribution >= 0.6 is 0 Å². The van der Waals surface area contributed by atoms with Gasteiger partial charge in [0.05, 0.1) is 0 Å². The maximum absolute atomic E-state index is 12.9. The van der Waals surface area contributed by atoms with E-state index in [4.69, 9.17) is 5.73 Å². The van der Waals surface area contributed by atoms with Crippen LogP contribution in [0.4, 0.5) is 10.1 Å². The van der Waals surface area contributed by atoms with E-state index in [1.54, 1.807) is 0 Å². The van der Waals surface area contributed by atoms with Gasteiger partial charge in [0.2, 0.25) is 0 Å². The number of benzene rings is 1. The third-order valence-electron chi connectivity index (χ3n) is 3.01. The molecule has 2 N–H and O–H groups in total. The SMILES string of the molecule is Nc1ccc(F)cc1C(=O)CC1CCC1. The molecule has 80 valence electrons. The molecule has 0 bridgehead atoms. The van der Waals surface area contributed by atoms with Crippen LogP contribution in [0.15, 0.2) is 18.2 Å². The largest absolute Gasteiger partial charge is 0.398 e. The summed E-state index contributed by atoms with van der Waals surface area (Å²) in [5.74, 6) is 0.0537. The van der Waals surface area contributed by atoms with Gasteiger partial charge in [0.25, 0.3) is 0 Å². The van der Waals surface area contributed by atoms with E-state index in [1.807, 2.05) is 0 Å². The second kappa shape index (κ2) is 4.01. The number of anilines is 1. The summed E-state index contributed by atoms with van der Waals surface area (Å²) in [6.07, 6.45) is 3.94.